The molecular weight excluding hydrogens is 376 g/mol. The van der Waals surface area contributed by atoms with Gasteiger partial charge in [0.05, 0.1) is 30.3 Å². The lowest BCUT2D eigenvalue weighted by molar-refractivity contribution is -0.122. The number of benzene rings is 2. The second-order valence-electron chi connectivity index (χ2n) is 6.37. The van der Waals surface area contributed by atoms with E-state index in [2.05, 4.69) is 5.32 Å². The molecule has 0 unspecified atom stereocenters. The quantitative estimate of drug-likeness (QED) is 0.631. The van der Waals surface area contributed by atoms with Gasteiger partial charge in [-0.2, -0.15) is 4.31 Å². The monoisotopic (exact) mass is 398 g/mol. The molecule has 0 fully saturated rings. The van der Waals surface area contributed by atoms with Gasteiger partial charge in [-0.15, -0.1) is 0 Å². The minimum atomic E-state index is -3.86. The molecule has 146 valence electrons. The van der Waals surface area contributed by atoms with Crippen LogP contribution in [-0.4, -0.2) is 25.2 Å². The number of amides is 1. The summed E-state index contributed by atoms with van der Waals surface area (Å²) in [4.78, 5) is 12.7. The molecule has 3 aromatic rings. The molecule has 7 heteroatoms. The molecule has 0 bridgehead atoms. The van der Waals surface area contributed by atoms with Crippen LogP contribution in [0.1, 0.15) is 24.3 Å². The summed E-state index contributed by atoms with van der Waals surface area (Å²) in [6.45, 7) is 1.52. The predicted molar refractivity (Wildman–Crippen MR) is 106 cm³/mol. The molecule has 1 atom stereocenters. The first-order chi connectivity index (χ1) is 13.5. The molecule has 28 heavy (non-hydrogen) atoms. The maximum absolute atomic E-state index is 13.1. The molecule has 0 saturated carbocycles. The molecule has 3 rings (SSSR count). The van der Waals surface area contributed by atoms with Crippen LogP contribution < -0.4 is 5.32 Å². The van der Waals surface area contributed by atoms with Gasteiger partial charge in [-0.25, -0.2) is 8.42 Å². The first-order valence-electron chi connectivity index (χ1n) is 8.88. The van der Waals surface area contributed by atoms with Crippen LogP contribution in [0.3, 0.4) is 0 Å². The summed E-state index contributed by atoms with van der Waals surface area (Å²) in [5.74, 6) is 0.0748. The van der Waals surface area contributed by atoms with Crippen molar-refractivity contribution in [3.8, 4) is 0 Å². The summed E-state index contributed by atoms with van der Waals surface area (Å²) in [6.07, 6.45) is 1.47. The van der Waals surface area contributed by atoms with Gasteiger partial charge in [0.2, 0.25) is 15.9 Å². The molecule has 2 aromatic carbocycles. The number of nitrogens with one attached hydrogen (secondary N) is 1. The van der Waals surface area contributed by atoms with Crippen molar-refractivity contribution in [1.82, 2.24) is 9.62 Å². The van der Waals surface area contributed by atoms with Gasteiger partial charge in [-0.3, -0.25) is 4.79 Å². The number of carbonyl (C=O) groups is 1. The molecule has 0 aliphatic heterocycles. The highest BCUT2D eigenvalue weighted by Crippen LogP contribution is 2.19. The average molecular weight is 398 g/mol. The highest BCUT2D eigenvalue weighted by molar-refractivity contribution is 7.89. The zero-order valence-corrected chi connectivity index (χ0v) is 16.3. The third kappa shape index (κ3) is 4.88. The van der Waals surface area contributed by atoms with Crippen LogP contribution in [0.5, 0.6) is 0 Å². The number of rotatable bonds is 8. The van der Waals surface area contributed by atoms with Crippen LogP contribution in [-0.2, 0) is 21.4 Å². The molecule has 0 aliphatic rings. The van der Waals surface area contributed by atoms with E-state index in [9.17, 15) is 13.2 Å². The smallest absolute Gasteiger partial charge is 0.243 e. The van der Waals surface area contributed by atoms with E-state index in [1.54, 1.807) is 30.3 Å². The Bertz CT molecular complexity index is 987. The first-order valence-corrected chi connectivity index (χ1v) is 10.3. The van der Waals surface area contributed by atoms with E-state index in [4.69, 9.17) is 4.42 Å². The Labute approximate surface area is 164 Å². The Balaban J connectivity index is 1.78. The minimum absolute atomic E-state index is 0.0304. The summed E-state index contributed by atoms with van der Waals surface area (Å²) in [5, 5.41) is 2.85. The fraction of sp³-hybridized carbons (Fsp3) is 0.190. The molecule has 0 aliphatic carbocycles. The van der Waals surface area contributed by atoms with Gasteiger partial charge in [-0.05, 0) is 36.8 Å². The second-order valence-corrected chi connectivity index (χ2v) is 8.30. The van der Waals surface area contributed by atoms with Crippen molar-refractivity contribution >= 4 is 15.9 Å². The molecule has 0 spiro atoms. The number of hydrogen-bond donors (Lipinski definition) is 1. The molecule has 1 aromatic heterocycles. The molecule has 1 N–H and O–H groups in total. The topological polar surface area (TPSA) is 79.6 Å². The highest BCUT2D eigenvalue weighted by Gasteiger charge is 2.28. The van der Waals surface area contributed by atoms with E-state index < -0.39 is 10.0 Å². The lowest BCUT2D eigenvalue weighted by Crippen LogP contribution is -2.41. The lowest BCUT2D eigenvalue weighted by Gasteiger charge is -2.22. The van der Waals surface area contributed by atoms with Gasteiger partial charge in [0.15, 0.2) is 0 Å². The lowest BCUT2D eigenvalue weighted by atomic mass is 10.1. The number of carbonyl (C=O) groups excluding carboxylic acids is 1. The van der Waals surface area contributed by atoms with E-state index in [0.717, 1.165) is 9.87 Å². The molecule has 6 nitrogen and oxygen atoms in total. The Morgan fingerprint density at radius 2 is 1.64 bits per heavy atom. The van der Waals surface area contributed by atoms with E-state index in [-0.39, 0.29) is 29.9 Å². The fourth-order valence-corrected chi connectivity index (χ4v) is 4.20. The van der Waals surface area contributed by atoms with E-state index in [1.807, 2.05) is 37.3 Å². The van der Waals surface area contributed by atoms with Gasteiger partial charge in [0.1, 0.15) is 5.76 Å². The van der Waals surface area contributed by atoms with Crippen LogP contribution in [0, 0.1) is 0 Å². The van der Waals surface area contributed by atoms with Crippen molar-refractivity contribution in [3.05, 3.63) is 90.4 Å². The summed E-state index contributed by atoms with van der Waals surface area (Å²) in [6, 6.07) is 20.7. The van der Waals surface area contributed by atoms with Crippen molar-refractivity contribution < 1.29 is 17.6 Å². The largest absolute Gasteiger partial charge is 0.468 e. The zero-order valence-electron chi connectivity index (χ0n) is 15.5. The first kappa shape index (κ1) is 19.9. The van der Waals surface area contributed by atoms with Crippen LogP contribution in [0.2, 0.25) is 0 Å². The third-order valence-corrected chi connectivity index (χ3v) is 6.10. The maximum atomic E-state index is 13.1. The number of hydrogen-bond acceptors (Lipinski definition) is 4. The summed E-state index contributed by atoms with van der Waals surface area (Å²) in [7, 11) is -3.86. The van der Waals surface area contributed by atoms with Crippen molar-refractivity contribution in [3.63, 3.8) is 0 Å². The van der Waals surface area contributed by atoms with E-state index in [0.29, 0.717) is 5.76 Å². The summed E-state index contributed by atoms with van der Waals surface area (Å²) < 4.78 is 32.5. The maximum Gasteiger partial charge on any atom is 0.243 e. The number of nitrogens with zero attached hydrogens (tertiary/aromatic N) is 1. The molecular formula is C21H22N2O4S. The van der Waals surface area contributed by atoms with Crippen molar-refractivity contribution in [2.75, 3.05) is 6.54 Å². The van der Waals surface area contributed by atoms with Crippen LogP contribution in [0.15, 0.2) is 88.4 Å². The molecule has 0 radical (unpaired) electrons. The molecule has 1 amide bonds. The van der Waals surface area contributed by atoms with Gasteiger partial charge >= 0.3 is 0 Å². The zero-order chi connectivity index (χ0) is 20.0. The number of furan rings is 1. The minimum Gasteiger partial charge on any atom is -0.468 e. The van der Waals surface area contributed by atoms with Gasteiger partial charge in [0.25, 0.3) is 0 Å². The molecule has 1 heterocycles. The van der Waals surface area contributed by atoms with Crippen molar-refractivity contribution in [1.29, 1.82) is 0 Å². The standard InChI is InChI=1S/C21H22N2O4S/c1-17(18-9-4-2-5-10-18)22-21(24)16-23(15-19-11-8-14-27-19)28(25,26)20-12-6-3-7-13-20/h2-14,17H,15-16H2,1H3,(H,22,24)/t17-/m0/s1. The van der Waals surface area contributed by atoms with E-state index >= 15 is 0 Å². The Hall–Kier alpha value is -2.90. The molecule has 0 saturated heterocycles. The van der Waals surface area contributed by atoms with Crippen LogP contribution in [0.4, 0.5) is 0 Å². The Morgan fingerprint density at radius 3 is 2.25 bits per heavy atom. The van der Waals surface area contributed by atoms with Crippen molar-refractivity contribution in [2.45, 2.75) is 24.4 Å². The Morgan fingerprint density at radius 1 is 1.00 bits per heavy atom. The predicted octanol–water partition coefficient (Wildman–Crippen LogP) is 3.35. The van der Waals surface area contributed by atoms with E-state index in [1.165, 1.54) is 18.4 Å². The van der Waals surface area contributed by atoms with Crippen LogP contribution in [0.25, 0.3) is 0 Å². The third-order valence-electron chi connectivity index (χ3n) is 4.29. The Kier molecular flexibility index (Phi) is 6.28. The van der Waals surface area contributed by atoms with Gasteiger partial charge in [-0.1, -0.05) is 48.5 Å². The number of sulfonamides is 1. The summed E-state index contributed by atoms with van der Waals surface area (Å²) in [5.41, 5.74) is 0.944. The van der Waals surface area contributed by atoms with Crippen molar-refractivity contribution in [2.24, 2.45) is 0 Å². The van der Waals surface area contributed by atoms with Gasteiger partial charge in [0, 0.05) is 0 Å². The summed E-state index contributed by atoms with van der Waals surface area (Å²) >= 11 is 0. The highest BCUT2D eigenvalue weighted by atomic mass is 32.2. The normalized spacial score (nSPS) is 12.6. The SMILES string of the molecule is C[C@H](NC(=O)CN(Cc1ccco1)S(=O)(=O)c1ccccc1)c1ccccc1. The average Bonchev–Trinajstić information content (AvgIpc) is 3.22. The van der Waals surface area contributed by atoms with Gasteiger partial charge < -0.3 is 9.73 Å². The second kappa shape index (κ2) is 8.86. The van der Waals surface area contributed by atoms with Crippen LogP contribution >= 0.6 is 0 Å². The fourth-order valence-electron chi connectivity index (χ4n) is 2.82.